The number of nitrogens with one attached hydrogen (secondary N) is 2. The van der Waals surface area contributed by atoms with Crippen LogP contribution >= 0.6 is 0 Å². The number of anilines is 2. The number of benzene rings is 1. The number of rotatable bonds is 4. The highest BCUT2D eigenvalue weighted by Gasteiger charge is 2.43. The number of carbonyl (C=O) groups is 2. The van der Waals surface area contributed by atoms with Gasteiger partial charge in [-0.05, 0) is 51.6 Å². The summed E-state index contributed by atoms with van der Waals surface area (Å²) in [4.78, 5) is 32.1. The summed E-state index contributed by atoms with van der Waals surface area (Å²) in [6, 6.07) is 3.07. The first-order chi connectivity index (χ1) is 17.0. The molecule has 36 heavy (non-hydrogen) atoms. The van der Waals surface area contributed by atoms with E-state index in [0.717, 1.165) is 6.54 Å². The number of halogens is 4. The average Bonchev–Trinajstić information content (AvgIpc) is 2.83. The Morgan fingerprint density at radius 2 is 1.89 bits per heavy atom. The molecule has 0 radical (unpaired) electrons. The topological polar surface area (TPSA) is 77.0 Å². The maximum absolute atomic E-state index is 15.4. The molecule has 2 amide bonds. The van der Waals surface area contributed by atoms with Gasteiger partial charge in [0.1, 0.15) is 11.7 Å². The minimum absolute atomic E-state index is 0.126. The second-order valence-corrected chi connectivity index (χ2v) is 9.49. The van der Waals surface area contributed by atoms with E-state index < -0.39 is 35.3 Å². The molecular weight excluding hydrogens is 478 g/mol. The van der Waals surface area contributed by atoms with Crippen molar-refractivity contribution in [2.45, 2.75) is 38.5 Å². The maximum atomic E-state index is 15.4. The van der Waals surface area contributed by atoms with Gasteiger partial charge < -0.3 is 15.5 Å². The molecule has 0 aromatic heterocycles. The molecule has 194 valence electrons. The predicted octanol–water partition coefficient (Wildman–Crippen LogP) is 3.39. The van der Waals surface area contributed by atoms with Crippen molar-refractivity contribution in [2.75, 3.05) is 43.4 Å². The highest BCUT2D eigenvalue weighted by Crippen LogP contribution is 2.37. The van der Waals surface area contributed by atoms with Gasteiger partial charge in [0.05, 0.1) is 16.9 Å². The van der Waals surface area contributed by atoms with Gasteiger partial charge in [0, 0.05) is 49.6 Å². The Kier molecular flexibility index (Phi) is 7.33. The van der Waals surface area contributed by atoms with Gasteiger partial charge in [0.15, 0.2) is 0 Å². The molecule has 0 spiro atoms. The minimum atomic E-state index is -4.89. The van der Waals surface area contributed by atoms with Crippen molar-refractivity contribution in [1.29, 1.82) is 0 Å². The van der Waals surface area contributed by atoms with Crippen LogP contribution in [0.5, 0.6) is 0 Å². The minimum Gasteiger partial charge on any atom is -0.367 e. The fourth-order valence-electron chi connectivity index (χ4n) is 4.79. The molecule has 7 nitrogen and oxygen atoms in total. The van der Waals surface area contributed by atoms with E-state index >= 15 is 4.39 Å². The summed E-state index contributed by atoms with van der Waals surface area (Å²) in [6.07, 6.45) is -1.23. The van der Waals surface area contributed by atoms with Crippen molar-refractivity contribution in [3.63, 3.8) is 0 Å². The first-order valence-electron chi connectivity index (χ1n) is 11.8. The first kappa shape index (κ1) is 26.0. The maximum Gasteiger partial charge on any atom is 0.414 e. The monoisotopic (exact) mass is 507 g/mol. The highest BCUT2D eigenvalue weighted by atomic mass is 19.4. The van der Waals surface area contributed by atoms with Crippen molar-refractivity contribution in [1.82, 2.24) is 10.2 Å². The largest absolute Gasteiger partial charge is 0.414 e. The Labute approximate surface area is 206 Å². The number of amides is 2. The van der Waals surface area contributed by atoms with E-state index in [9.17, 15) is 22.8 Å². The zero-order chi connectivity index (χ0) is 26.2. The number of dihydropyridines is 1. The van der Waals surface area contributed by atoms with Crippen LogP contribution in [0.15, 0.2) is 34.9 Å². The predicted molar refractivity (Wildman–Crippen MR) is 131 cm³/mol. The molecule has 0 aliphatic carbocycles. The number of aliphatic imine (C=N–C) groups is 1. The highest BCUT2D eigenvalue weighted by molar-refractivity contribution is 6.11. The molecule has 2 N–H and O–H groups in total. The Morgan fingerprint density at radius 1 is 1.19 bits per heavy atom. The SMILES string of the molecule is C[C@@H]1CN(c2cc(F)c(C3=CCCNC3)cc2NC(=O)C2C=NC(=O)C=C2C(F)(F)F)C[C@H](C)N1C. The van der Waals surface area contributed by atoms with Gasteiger partial charge in [-0.3, -0.25) is 14.5 Å². The zero-order valence-electron chi connectivity index (χ0n) is 20.3. The Morgan fingerprint density at radius 3 is 2.50 bits per heavy atom. The van der Waals surface area contributed by atoms with Crippen LogP contribution in [0.3, 0.4) is 0 Å². The smallest absolute Gasteiger partial charge is 0.367 e. The molecule has 1 saturated heterocycles. The van der Waals surface area contributed by atoms with Gasteiger partial charge in [-0.2, -0.15) is 13.2 Å². The molecule has 4 rings (SSSR count). The van der Waals surface area contributed by atoms with E-state index in [1.165, 1.54) is 12.1 Å². The number of carbonyl (C=O) groups excluding carboxylic acids is 2. The fraction of sp³-hybridized carbons (Fsp3) is 0.480. The van der Waals surface area contributed by atoms with Crippen LogP contribution in [0.2, 0.25) is 0 Å². The van der Waals surface area contributed by atoms with Crippen LogP contribution in [-0.2, 0) is 9.59 Å². The third kappa shape index (κ3) is 5.36. The van der Waals surface area contributed by atoms with Gasteiger partial charge >= 0.3 is 6.18 Å². The second kappa shape index (κ2) is 10.1. The van der Waals surface area contributed by atoms with Gasteiger partial charge in [-0.1, -0.05) is 6.08 Å². The van der Waals surface area contributed by atoms with Crippen LogP contribution in [0.4, 0.5) is 28.9 Å². The van der Waals surface area contributed by atoms with E-state index in [4.69, 9.17) is 0 Å². The number of nitrogens with zero attached hydrogens (tertiary/aromatic N) is 3. The summed E-state index contributed by atoms with van der Waals surface area (Å²) >= 11 is 0. The molecule has 0 bridgehead atoms. The van der Waals surface area contributed by atoms with Gasteiger partial charge in [0.2, 0.25) is 5.91 Å². The third-order valence-electron chi connectivity index (χ3n) is 6.99. The van der Waals surface area contributed by atoms with Crippen molar-refractivity contribution in [2.24, 2.45) is 10.9 Å². The van der Waals surface area contributed by atoms with E-state index in [0.29, 0.717) is 49.6 Å². The summed E-state index contributed by atoms with van der Waals surface area (Å²) in [5, 5.41) is 5.76. The fourth-order valence-corrected chi connectivity index (χ4v) is 4.79. The molecule has 3 aliphatic heterocycles. The Hall–Kier alpha value is -3.05. The second-order valence-electron chi connectivity index (χ2n) is 9.49. The average molecular weight is 508 g/mol. The summed E-state index contributed by atoms with van der Waals surface area (Å²) < 4.78 is 56.1. The van der Waals surface area contributed by atoms with Crippen LogP contribution < -0.4 is 15.5 Å². The van der Waals surface area contributed by atoms with Crippen LogP contribution in [0.1, 0.15) is 25.8 Å². The summed E-state index contributed by atoms with van der Waals surface area (Å²) in [7, 11) is 2.00. The van der Waals surface area contributed by atoms with Gasteiger partial charge in [-0.15, -0.1) is 0 Å². The summed E-state index contributed by atoms with van der Waals surface area (Å²) in [6.45, 7) is 6.33. The molecule has 3 atom stereocenters. The van der Waals surface area contributed by atoms with E-state index in [2.05, 4.69) is 20.5 Å². The molecule has 3 aliphatic rings. The Bertz CT molecular complexity index is 1130. The standard InChI is InChI=1S/C25H29F4N5O2/c1-14-12-34(13-15(2)33(14)3)22-9-20(26)17(16-5-4-6-30-10-16)7-21(22)32-24(36)18-11-31-23(35)8-19(18)25(27,28)29/h5,7-9,11,14-15,18,30H,4,6,10,12-13H2,1-3H3,(H,32,36)/t14-,15+,18?. The number of hydrogen-bond donors (Lipinski definition) is 2. The third-order valence-corrected chi connectivity index (χ3v) is 6.99. The molecule has 1 aromatic rings. The lowest BCUT2D eigenvalue weighted by atomic mass is 9.95. The van der Waals surface area contributed by atoms with Crippen molar-refractivity contribution < 1.29 is 27.2 Å². The molecule has 1 unspecified atom stereocenters. The van der Waals surface area contributed by atoms with E-state index in [1.54, 1.807) is 0 Å². The van der Waals surface area contributed by atoms with E-state index in [1.807, 2.05) is 31.9 Å². The lowest BCUT2D eigenvalue weighted by Crippen LogP contribution is -2.55. The van der Waals surface area contributed by atoms with Crippen molar-refractivity contribution >= 4 is 35.0 Å². The lowest BCUT2D eigenvalue weighted by Gasteiger charge is -2.44. The van der Waals surface area contributed by atoms with Gasteiger partial charge in [0.25, 0.3) is 5.91 Å². The zero-order valence-corrected chi connectivity index (χ0v) is 20.3. The number of likely N-dealkylation sites (N-methyl/N-ethyl adjacent to an activating group) is 1. The molecular formula is C25H29F4N5O2. The molecule has 0 saturated carbocycles. The first-order valence-corrected chi connectivity index (χ1v) is 11.8. The normalized spacial score (nSPS) is 25.5. The van der Waals surface area contributed by atoms with Crippen molar-refractivity contribution in [3.05, 3.63) is 41.2 Å². The van der Waals surface area contributed by atoms with E-state index in [-0.39, 0.29) is 23.3 Å². The van der Waals surface area contributed by atoms with Crippen LogP contribution in [0, 0.1) is 11.7 Å². The summed E-state index contributed by atoms with van der Waals surface area (Å²) in [5.74, 6) is -4.35. The Balaban J connectivity index is 1.73. The molecule has 3 heterocycles. The van der Waals surface area contributed by atoms with Crippen LogP contribution in [0.25, 0.3) is 5.57 Å². The van der Waals surface area contributed by atoms with Gasteiger partial charge in [-0.25, -0.2) is 9.38 Å². The lowest BCUT2D eigenvalue weighted by molar-refractivity contribution is -0.124. The molecule has 1 fully saturated rings. The number of alkyl halides is 3. The summed E-state index contributed by atoms with van der Waals surface area (Å²) in [5.41, 5.74) is 0.294. The molecule has 11 heteroatoms. The van der Waals surface area contributed by atoms with Crippen LogP contribution in [-0.4, -0.2) is 74.4 Å². The number of piperazine rings is 1. The van der Waals surface area contributed by atoms with Crippen molar-refractivity contribution in [3.8, 4) is 0 Å². The quantitative estimate of drug-likeness (QED) is 0.612. The molecule has 1 aromatic carbocycles. The number of hydrogen-bond acceptors (Lipinski definition) is 5.